The highest BCUT2D eigenvalue weighted by Crippen LogP contribution is 2.27. The Labute approximate surface area is 177 Å². The topological polar surface area (TPSA) is 94.2 Å². The molecule has 0 spiro atoms. The maximum Gasteiger partial charge on any atom is 0.309 e. The molecule has 0 aromatic heterocycles. The summed E-state index contributed by atoms with van der Waals surface area (Å²) in [6, 6.07) is 5.36. The van der Waals surface area contributed by atoms with Crippen molar-refractivity contribution in [1.82, 2.24) is 10.2 Å². The van der Waals surface area contributed by atoms with Gasteiger partial charge in [0.2, 0.25) is 5.91 Å². The Bertz CT molecular complexity index is 763. The Kier molecular flexibility index (Phi) is 8.08. The first-order valence-electron chi connectivity index (χ1n) is 10.1. The maximum absolute atomic E-state index is 12.3. The average Bonchev–Trinajstić information content (AvgIpc) is 2.74. The molecule has 0 bridgehead atoms. The van der Waals surface area contributed by atoms with Gasteiger partial charge in [0.1, 0.15) is 0 Å². The summed E-state index contributed by atoms with van der Waals surface area (Å²) in [6.45, 7) is 6.67. The zero-order chi connectivity index (χ0) is 22.3. The number of hydrogen-bond acceptors (Lipinski definition) is 6. The molecule has 1 aliphatic heterocycles. The Morgan fingerprint density at radius 1 is 1.07 bits per heavy atom. The number of piperidine rings is 1. The van der Waals surface area contributed by atoms with Crippen LogP contribution in [0.25, 0.3) is 0 Å². The monoisotopic (exact) mass is 420 g/mol. The number of amides is 2. The lowest BCUT2D eigenvalue weighted by Crippen LogP contribution is -2.45. The van der Waals surface area contributed by atoms with Crippen molar-refractivity contribution in [3.8, 4) is 11.5 Å². The molecular weight excluding hydrogens is 388 g/mol. The SMILES string of the molecule is COc1ccc(CNC(=O)COC(=O)C2CCN(C(=O)C(C)(C)C)CC2)cc1OC. The number of hydrogen-bond donors (Lipinski definition) is 1. The van der Waals surface area contributed by atoms with Crippen molar-refractivity contribution in [2.24, 2.45) is 11.3 Å². The predicted octanol–water partition coefficient (Wildman–Crippen LogP) is 2.15. The van der Waals surface area contributed by atoms with Gasteiger partial charge in [-0.15, -0.1) is 0 Å². The largest absolute Gasteiger partial charge is 0.493 e. The van der Waals surface area contributed by atoms with E-state index in [0.29, 0.717) is 37.4 Å². The molecule has 1 fully saturated rings. The lowest BCUT2D eigenvalue weighted by molar-refractivity contribution is -0.155. The fourth-order valence-corrected chi connectivity index (χ4v) is 3.29. The van der Waals surface area contributed by atoms with Crippen molar-refractivity contribution >= 4 is 17.8 Å². The molecule has 0 unspecified atom stereocenters. The molecule has 2 amide bonds. The number of esters is 1. The van der Waals surface area contributed by atoms with Crippen molar-refractivity contribution in [3.63, 3.8) is 0 Å². The molecule has 1 N–H and O–H groups in total. The third-order valence-electron chi connectivity index (χ3n) is 5.04. The van der Waals surface area contributed by atoms with Gasteiger partial charge in [0, 0.05) is 25.0 Å². The van der Waals surface area contributed by atoms with E-state index in [0.717, 1.165) is 5.56 Å². The summed E-state index contributed by atoms with van der Waals surface area (Å²) in [5.74, 6) is 0.220. The molecule has 1 aliphatic rings. The quantitative estimate of drug-likeness (QED) is 0.680. The van der Waals surface area contributed by atoms with Crippen LogP contribution in [0.2, 0.25) is 0 Å². The Morgan fingerprint density at radius 2 is 1.70 bits per heavy atom. The highest BCUT2D eigenvalue weighted by Gasteiger charge is 2.33. The van der Waals surface area contributed by atoms with Crippen LogP contribution in [0.15, 0.2) is 18.2 Å². The molecule has 8 heteroatoms. The van der Waals surface area contributed by atoms with Gasteiger partial charge in [0.05, 0.1) is 20.1 Å². The minimum absolute atomic E-state index is 0.0869. The summed E-state index contributed by atoms with van der Waals surface area (Å²) in [4.78, 5) is 38.4. The van der Waals surface area contributed by atoms with Crippen molar-refractivity contribution in [3.05, 3.63) is 23.8 Å². The summed E-state index contributed by atoms with van der Waals surface area (Å²) in [7, 11) is 3.10. The molecular formula is C22H32N2O6. The molecule has 8 nitrogen and oxygen atoms in total. The number of nitrogens with zero attached hydrogens (tertiary/aromatic N) is 1. The lowest BCUT2D eigenvalue weighted by atomic mass is 9.91. The number of nitrogens with one attached hydrogen (secondary N) is 1. The second-order valence-electron chi connectivity index (χ2n) is 8.39. The van der Waals surface area contributed by atoms with E-state index < -0.39 is 5.41 Å². The normalized spacial score (nSPS) is 14.8. The van der Waals surface area contributed by atoms with Crippen molar-refractivity contribution < 1.29 is 28.6 Å². The minimum atomic E-state index is -0.431. The van der Waals surface area contributed by atoms with Crippen molar-refractivity contribution in [2.45, 2.75) is 40.2 Å². The molecule has 0 atom stereocenters. The van der Waals surface area contributed by atoms with Gasteiger partial charge in [-0.25, -0.2) is 0 Å². The van der Waals surface area contributed by atoms with Crippen LogP contribution < -0.4 is 14.8 Å². The fraction of sp³-hybridized carbons (Fsp3) is 0.591. The van der Waals surface area contributed by atoms with Crippen LogP contribution in [0.1, 0.15) is 39.2 Å². The molecule has 1 aromatic carbocycles. The second-order valence-corrected chi connectivity index (χ2v) is 8.39. The van der Waals surface area contributed by atoms with Crippen molar-refractivity contribution in [2.75, 3.05) is 33.9 Å². The van der Waals surface area contributed by atoms with Crippen LogP contribution in [0.5, 0.6) is 11.5 Å². The maximum atomic E-state index is 12.3. The zero-order valence-electron chi connectivity index (χ0n) is 18.4. The highest BCUT2D eigenvalue weighted by atomic mass is 16.5. The smallest absolute Gasteiger partial charge is 0.309 e. The number of rotatable bonds is 7. The Hall–Kier alpha value is -2.77. The number of carbonyl (C=O) groups is 3. The minimum Gasteiger partial charge on any atom is -0.493 e. The Morgan fingerprint density at radius 3 is 2.27 bits per heavy atom. The van der Waals surface area contributed by atoms with E-state index in [2.05, 4.69) is 5.32 Å². The first-order valence-corrected chi connectivity index (χ1v) is 10.1. The number of carbonyl (C=O) groups excluding carboxylic acids is 3. The van der Waals surface area contributed by atoms with Crippen molar-refractivity contribution in [1.29, 1.82) is 0 Å². The molecule has 166 valence electrons. The summed E-state index contributed by atoms with van der Waals surface area (Å²) in [6.07, 6.45) is 1.10. The van der Waals surface area contributed by atoms with Gasteiger partial charge >= 0.3 is 5.97 Å². The van der Waals surface area contributed by atoms with Crippen LogP contribution in [0, 0.1) is 11.3 Å². The van der Waals surface area contributed by atoms with E-state index in [1.54, 1.807) is 31.3 Å². The molecule has 1 saturated heterocycles. The molecule has 30 heavy (non-hydrogen) atoms. The van der Waals surface area contributed by atoms with Gasteiger partial charge in [0.25, 0.3) is 5.91 Å². The lowest BCUT2D eigenvalue weighted by Gasteiger charge is -2.34. The van der Waals surface area contributed by atoms with E-state index in [-0.39, 0.29) is 36.9 Å². The predicted molar refractivity (Wildman–Crippen MR) is 111 cm³/mol. The van der Waals surface area contributed by atoms with Crippen LogP contribution >= 0.6 is 0 Å². The molecule has 1 heterocycles. The summed E-state index contributed by atoms with van der Waals surface area (Å²) in [5.41, 5.74) is 0.405. The third kappa shape index (κ3) is 6.37. The van der Waals surface area contributed by atoms with E-state index >= 15 is 0 Å². The molecule has 1 aromatic rings. The van der Waals surface area contributed by atoms with Crippen LogP contribution in [0.4, 0.5) is 0 Å². The Balaban J connectivity index is 1.74. The van der Waals surface area contributed by atoms with E-state index in [4.69, 9.17) is 14.2 Å². The average molecular weight is 421 g/mol. The van der Waals surface area contributed by atoms with Gasteiger partial charge in [-0.3, -0.25) is 14.4 Å². The summed E-state index contributed by atoms with van der Waals surface area (Å²) >= 11 is 0. The summed E-state index contributed by atoms with van der Waals surface area (Å²) < 4.78 is 15.6. The van der Waals surface area contributed by atoms with Gasteiger partial charge in [-0.05, 0) is 30.5 Å². The number of likely N-dealkylation sites (tertiary alicyclic amines) is 1. The van der Waals surface area contributed by atoms with Crippen LogP contribution in [-0.2, 0) is 25.7 Å². The highest BCUT2D eigenvalue weighted by molar-refractivity contribution is 5.83. The first-order chi connectivity index (χ1) is 14.2. The summed E-state index contributed by atoms with van der Waals surface area (Å²) in [5, 5.41) is 2.72. The van der Waals surface area contributed by atoms with E-state index in [9.17, 15) is 14.4 Å². The van der Waals surface area contributed by atoms with Gasteiger partial charge in [-0.1, -0.05) is 26.8 Å². The standard InChI is InChI=1S/C22H32N2O6/c1-22(2,3)21(27)24-10-8-16(9-11-24)20(26)30-14-19(25)23-13-15-6-7-17(28-4)18(12-15)29-5/h6-7,12,16H,8-11,13-14H2,1-5H3,(H,23,25). The van der Waals surface area contributed by atoms with Gasteiger partial charge in [0.15, 0.2) is 18.1 Å². The van der Waals surface area contributed by atoms with E-state index in [1.165, 1.54) is 0 Å². The number of ether oxygens (including phenoxy) is 3. The van der Waals surface area contributed by atoms with Crippen LogP contribution in [-0.4, -0.2) is 56.6 Å². The fourth-order valence-electron chi connectivity index (χ4n) is 3.29. The zero-order valence-corrected chi connectivity index (χ0v) is 18.4. The van der Waals surface area contributed by atoms with Crippen LogP contribution in [0.3, 0.4) is 0 Å². The number of methoxy groups -OCH3 is 2. The number of benzene rings is 1. The molecule has 2 rings (SSSR count). The molecule has 0 radical (unpaired) electrons. The molecule has 0 saturated carbocycles. The van der Waals surface area contributed by atoms with Gasteiger partial charge < -0.3 is 24.4 Å². The van der Waals surface area contributed by atoms with Gasteiger partial charge in [-0.2, -0.15) is 0 Å². The third-order valence-corrected chi connectivity index (χ3v) is 5.04. The van der Waals surface area contributed by atoms with E-state index in [1.807, 2.05) is 26.8 Å². The first kappa shape index (κ1) is 23.5. The second kappa shape index (κ2) is 10.3. The molecule has 0 aliphatic carbocycles.